The number of piperidine rings is 1. The second-order valence-electron chi connectivity index (χ2n) is 8.60. The highest BCUT2D eigenvalue weighted by Gasteiger charge is 2.24. The Kier molecular flexibility index (Phi) is 8.99. The average molecular weight is 546 g/mol. The molecule has 172 valence electrons. The molecule has 0 saturated carbocycles. The first kappa shape index (κ1) is 24.6. The van der Waals surface area contributed by atoms with E-state index >= 15 is 0 Å². The molecule has 3 N–H and O–H groups in total. The van der Waals surface area contributed by atoms with E-state index in [0.717, 1.165) is 44.9 Å². The fraction of sp³-hybridized carbons (Fsp3) is 0.423. The van der Waals surface area contributed by atoms with E-state index in [9.17, 15) is 0 Å². The van der Waals surface area contributed by atoms with Gasteiger partial charge in [-0.1, -0.05) is 48.5 Å². The highest BCUT2D eigenvalue weighted by atomic mass is 127. The summed E-state index contributed by atoms with van der Waals surface area (Å²) in [5.74, 6) is 0.908. The number of likely N-dealkylation sites (tertiary alicyclic amines) is 1. The Labute approximate surface area is 209 Å². The lowest BCUT2D eigenvalue weighted by Gasteiger charge is -2.37. The van der Waals surface area contributed by atoms with Crippen LogP contribution in [0.4, 0.5) is 0 Å². The third kappa shape index (κ3) is 5.84. The van der Waals surface area contributed by atoms with E-state index in [1.807, 2.05) is 7.05 Å². The molecule has 1 fully saturated rings. The first-order chi connectivity index (χ1) is 15.2. The summed E-state index contributed by atoms with van der Waals surface area (Å²) >= 11 is 0. The molecule has 4 rings (SSSR count). The van der Waals surface area contributed by atoms with E-state index in [4.69, 9.17) is 0 Å². The summed E-state index contributed by atoms with van der Waals surface area (Å²) in [5.41, 5.74) is 5.29. The Morgan fingerprint density at radius 2 is 1.88 bits per heavy atom. The third-order valence-electron chi connectivity index (χ3n) is 6.62. The monoisotopic (exact) mass is 545 g/mol. The fourth-order valence-corrected chi connectivity index (χ4v) is 4.65. The van der Waals surface area contributed by atoms with Crippen LogP contribution in [-0.2, 0) is 6.42 Å². The summed E-state index contributed by atoms with van der Waals surface area (Å²) in [6, 6.07) is 18.2. The van der Waals surface area contributed by atoms with E-state index in [1.165, 1.54) is 27.6 Å². The number of halogens is 1. The molecule has 0 spiro atoms. The number of guanidine groups is 1. The minimum Gasteiger partial charge on any atom is -0.361 e. The largest absolute Gasteiger partial charge is 0.361 e. The number of rotatable bonds is 6. The molecule has 0 radical (unpaired) electrons. The summed E-state index contributed by atoms with van der Waals surface area (Å²) in [6.07, 6.45) is 5.38. The van der Waals surface area contributed by atoms with Crippen molar-refractivity contribution in [1.29, 1.82) is 0 Å². The molecule has 1 aromatic heterocycles. The standard InChI is InChI=1S/C26H35N5.HI/c1-19-8-7-11-24-22(18-29-25(19)24)12-15-28-26(27-3)30-23-13-16-31(17-14-23)20(2)21-9-5-4-6-10-21;/h4-11,18,20,23,29H,12-17H2,1-3H3,(H2,27,28,30);1H. The van der Waals surface area contributed by atoms with Crippen LogP contribution in [0.3, 0.4) is 0 Å². The maximum Gasteiger partial charge on any atom is 0.191 e. The van der Waals surface area contributed by atoms with Crippen molar-refractivity contribution in [2.75, 3.05) is 26.7 Å². The maximum atomic E-state index is 4.45. The molecule has 1 aliphatic rings. The molecule has 0 amide bonds. The molecule has 3 aromatic rings. The van der Waals surface area contributed by atoms with Crippen molar-refractivity contribution in [1.82, 2.24) is 20.5 Å². The number of nitrogens with one attached hydrogen (secondary N) is 3. The highest BCUT2D eigenvalue weighted by molar-refractivity contribution is 14.0. The predicted octanol–water partition coefficient (Wildman–Crippen LogP) is 5.03. The van der Waals surface area contributed by atoms with Crippen molar-refractivity contribution in [2.24, 2.45) is 4.99 Å². The molecule has 32 heavy (non-hydrogen) atoms. The lowest BCUT2D eigenvalue weighted by atomic mass is 10.0. The van der Waals surface area contributed by atoms with Gasteiger partial charge in [0.05, 0.1) is 0 Å². The molecule has 6 heteroatoms. The third-order valence-corrected chi connectivity index (χ3v) is 6.62. The van der Waals surface area contributed by atoms with Crippen LogP contribution in [0.1, 0.15) is 42.5 Å². The molecule has 5 nitrogen and oxygen atoms in total. The lowest BCUT2D eigenvalue weighted by Crippen LogP contribution is -2.49. The first-order valence-electron chi connectivity index (χ1n) is 11.5. The number of aromatic amines is 1. The zero-order valence-electron chi connectivity index (χ0n) is 19.4. The highest BCUT2D eigenvalue weighted by Crippen LogP contribution is 2.24. The Morgan fingerprint density at radius 1 is 1.12 bits per heavy atom. The average Bonchev–Trinajstić information content (AvgIpc) is 3.23. The van der Waals surface area contributed by atoms with Crippen LogP contribution >= 0.6 is 24.0 Å². The summed E-state index contributed by atoms with van der Waals surface area (Å²) in [4.78, 5) is 10.5. The summed E-state index contributed by atoms with van der Waals surface area (Å²) in [5, 5.41) is 8.46. The van der Waals surface area contributed by atoms with Crippen molar-refractivity contribution in [3.63, 3.8) is 0 Å². The summed E-state index contributed by atoms with van der Waals surface area (Å²) in [7, 11) is 1.86. The van der Waals surface area contributed by atoms with Gasteiger partial charge < -0.3 is 15.6 Å². The van der Waals surface area contributed by atoms with E-state index in [2.05, 4.69) is 94.1 Å². The van der Waals surface area contributed by atoms with Gasteiger partial charge in [-0.15, -0.1) is 24.0 Å². The van der Waals surface area contributed by atoms with Crippen molar-refractivity contribution < 1.29 is 0 Å². The zero-order valence-corrected chi connectivity index (χ0v) is 21.7. The van der Waals surface area contributed by atoms with Crippen molar-refractivity contribution in [2.45, 2.75) is 45.2 Å². The molecule has 1 saturated heterocycles. The Morgan fingerprint density at radius 3 is 2.59 bits per heavy atom. The van der Waals surface area contributed by atoms with Crippen LogP contribution in [0, 0.1) is 6.92 Å². The van der Waals surface area contributed by atoms with Crippen LogP contribution in [0.5, 0.6) is 0 Å². The Hall–Kier alpha value is -2.06. The smallest absolute Gasteiger partial charge is 0.191 e. The van der Waals surface area contributed by atoms with Gasteiger partial charge in [-0.05, 0) is 49.8 Å². The van der Waals surface area contributed by atoms with Crippen LogP contribution in [0.25, 0.3) is 10.9 Å². The van der Waals surface area contributed by atoms with Crippen molar-refractivity contribution >= 4 is 40.8 Å². The quantitative estimate of drug-likeness (QED) is 0.232. The number of hydrogen-bond acceptors (Lipinski definition) is 2. The number of H-pyrrole nitrogens is 1. The number of hydrogen-bond donors (Lipinski definition) is 3. The number of fused-ring (bicyclic) bond motifs is 1. The van der Waals surface area contributed by atoms with Gasteiger partial charge in [-0.2, -0.15) is 0 Å². The van der Waals surface area contributed by atoms with Gasteiger partial charge >= 0.3 is 0 Å². The van der Waals surface area contributed by atoms with Gasteiger partial charge in [0.15, 0.2) is 5.96 Å². The van der Waals surface area contributed by atoms with Crippen LogP contribution in [0.15, 0.2) is 59.7 Å². The maximum absolute atomic E-state index is 4.45. The van der Waals surface area contributed by atoms with Crippen molar-refractivity contribution in [3.05, 3.63) is 71.4 Å². The molecule has 1 unspecified atom stereocenters. The van der Waals surface area contributed by atoms with Crippen molar-refractivity contribution in [3.8, 4) is 0 Å². The SMILES string of the molecule is CN=C(NCCc1c[nH]c2c(C)cccc12)NC1CCN(C(C)c2ccccc2)CC1.I. The number of aromatic nitrogens is 1. The van der Waals surface area contributed by atoms with E-state index < -0.39 is 0 Å². The number of aliphatic imine (C=N–C) groups is 1. The van der Waals surface area contributed by atoms with Gasteiger partial charge in [0, 0.05) is 55.9 Å². The lowest BCUT2D eigenvalue weighted by molar-refractivity contribution is 0.158. The second-order valence-corrected chi connectivity index (χ2v) is 8.60. The van der Waals surface area contributed by atoms with Crippen LogP contribution < -0.4 is 10.6 Å². The van der Waals surface area contributed by atoms with E-state index in [1.54, 1.807) is 0 Å². The molecule has 2 aromatic carbocycles. The number of aryl methyl sites for hydroxylation is 1. The normalized spacial score (nSPS) is 16.5. The van der Waals surface area contributed by atoms with Gasteiger partial charge in [0.1, 0.15) is 0 Å². The fourth-order valence-electron chi connectivity index (χ4n) is 4.65. The number of para-hydroxylation sites is 1. The van der Waals surface area contributed by atoms with E-state index in [-0.39, 0.29) is 24.0 Å². The number of benzene rings is 2. The van der Waals surface area contributed by atoms with Crippen LogP contribution in [-0.4, -0.2) is 48.6 Å². The van der Waals surface area contributed by atoms with Gasteiger partial charge in [-0.3, -0.25) is 9.89 Å². The van der Waals surface area contributed by atoms with Gasteiger partial charge in [-0.25, -0.2) is 0 Å². The Balaban J connectivity index is 0.00000289. The van der Waals surface area contributed by atoms with Gasteiger partial charge in [0.2, 0.25) is 0 Å². The molecule has 2 heterocycles. The molecule has 1 aliphatic heterocycles. The molecular weight excluding hydrogens is 509 g/mol. The predicted molar refractivity (Wildman–Crippen MR) is 146 cm³/mol. The second kappa shape index (κ2) is 11.7. The topological polar surface area (TPSA) is 55.5 Å². The van der Waals surface area contributed by atoms with Crippen LogP contribution in [0.2, 0.25) is 0 Å². The number of nitrogens with zero attached hydrogens (tertiary/aromatic N) is 2. The summed E-state index contributed by atoms with van der Waals surface area (Å²) in [6.45, 7) is 7.55. The Bertz CT molecular complexity index is 1010. The first-order valence-corrected chi connectivity index (χ1v) is 11.5. The zero-order chi connectivity index (χ0) is 21.6. The molecule has 1 atom stereocenters. The van der Waals surface area contributed by atoms with Gasteiger partial charge in [0.25, 0.3) is 0 Å². The minimum absolute atomic E-state index is 0. The molecule has 0 bridgehead atoms. The van der Waals surface area contributed by atoms with E-state index in [0.29, 0.717) is 12.1 Å². The molecule has 0 aliphatic carbocycles. The minimum atomic E-state index is 0. The summed E-state index contributed by atoms with van der Waals surface area (Å²) < 4.78 is 0. The molecular formula is C26H36IN5.